The largest absolute Gasteiger partial charge is 0.484 e. The van der Waals surface area contributed by atoms with Gasteiger partial charge in [-0.15, -0.1) is 0 Å². The smallest absolute Gasteiger partial charge is 0.261 e. The van der Waals surface area contributed by atoms with Crippen molar-refractivity contribution in [2.75, 3.05) is 26.7 Å². The first-order valence-electron chi connectivity index (χ1n) is 17.8. The number of nitrogens with zero attached hydrogens (tertiary/aromatic N) is 2. The summed E-state index contributed by atoms with van der Waals surface area (Å²) in [7, 11) is 1.45. The van der Waals surface area contributed by atoms with Gasteiger partial charge in [0, 0.05) is 20.0 Å². The molecule has 0 radical (unpaired) electrons. The summed E-state index contributed by atoms with van der Waals surface area (Å²) in [4.78, 5) is 85.0. The molecular formula is C40H50N6O7. The minimum absolute atomic E-state index is 0.103. The number of hydrogen-bond donors (Lipinski definition) is 4. The number of rotatable bonds is 7. The fourth-order valence-electron chi connectivity index (χ4n) is 5.89. The van der Waals surface area contributed by atoms with Crippen molar-refractivity contribution in [1.29, 1.82) is 0 Å². The van der Waals surface area contributed by atoms with Crippen LogP contribution in [-0.4, -0.2) is 96.2 Å². The zero-order valence-electron chi connectivity index (χ0n) is 31.1. The van der Waals surface area contributed by atoms with E-state index in [9.17, 15) is 28.8 Å². The van der Waals surface area contributed by atoms with Gasteiger partial charge in [-0.25, -0.2) is 0 Å². The molecule has 13 nitrogen and oxygen atoms in total. The number of nitrogens with one attached hydrogen (secondary N) is 4. The molecular weight excluding hydrogens is 676 g/mol. The maximum Gasteiger partial charge on any atom is 0.261 e. The van der Waals surface area contributed by atoms with E-state index in [0.717, 1.165) is 11.1 Å². The van der Waals surface area contributed by atoms with Gasteiger partial charge in [0.2, 0.25) is 29.5 Å². The first kappa shape index (κ1) is 40.1. The minimum atomic E-state index is -1.11. The number of carbonyl (C=O) groups is 6. The van der Waals surface area contributed by atoms with Crippen molar-refractivity contribution in [3.05, 3.63) is 102 Å². The highest BCUT2D eigenvalue weighted by Gasteiger charge is 2.35. The Bertz CT molecular complexity index is 1750. The van der Waals surface area contributed by atoms with Gasteiger partial charge < -0.3 is 35.8 Å². The lowest BCUT2D eigenvalue weighted by Gasteiger charge is -2.33. The molecule has 4 rings (SSSR count). The van der Waals surface area contributed by atoms with E-state index in [-0.39, 0.29) is 18.9 Å². The van der Waals surface area contributed by atoms with Crippen LogP contribution in [-0.2, 0) is 35.2 Å². The topological polar surface area (TPSA) is 166 Å². The van der Waals surface area contributed by atoms with E-state index in [4.69, 9.17) is 4.74 Å². The molecule has 0 aromatic heterocycles. The zero-order valence-corrected chi connectivity index (χ0v) is 31.1. The summed E-state index contributed by atoms with van der Waals surface area (Å²) in [6, 6.07) is 20.2. The molecule has 6 amide bonds. The molecule has 4 N–H and O–H groups in total. The number of amides is 6. The predicted molar refractivity (Wildman–Crippen MR) is 199 cm³/mol. The monoisotopic (exact) mass is 726 g/mol. The molecule has 5 atom stereocenters. The second-order valence-corrected chi connectivity index (χ2v) is 13.7. The fourth-order valence-corrected chi connectivity index (χ4v) is 5.89. The van der Waals surface area contributed by atoms with Gasteiger partial charge in [0.1, 0.15) is 29.9 Å². The van der Waals surface area contributed by atoms with Crippen LogP contribution in [0.25, 0.3) is 0 Å². The lowest BCUT2D eigenvalue weighted by Crippen LogP contribution is -2.60. The van der Waals surface area contributed by atoms with Crippen molar-refractivity contribution < 1.29 is 33.5 Å². The summed E-state index contributed by atoms with van der Waals surface area (Å²) in [5.74, 6) is -3.29. The van der Waals surface area contributed by atoms with Crippen molar-refractivity contribution in [3.63, 3.8) is 0 Å². The molecule has 0 unspecified atom stereocenters. The molecule has 3 aromatic carbocycles. The highest BCUT2D eigenvalue weighted by molar-refractivity contribution is 5.96. The van der Waals surface area contributed by atoms with Crippen LogP contribution in [0.4, 0.5) is 0 Å². The molecule has 0 aliphatic carbocycles. The number of para-hydroxylation sites is 1. The standard InChI is InChI=1S/C40H50N6O7/c1-25(2)36-39(51)41-27(4)37(49)43-32(30-18-11-8-12-19-30)22-46(35(48)24-53-33-20-14-13-15-26(33)3)23-34(47)42-31(21-29-16-9-7-10-17-29)40(52)45(6)28(5)38(50)44-36/h7-20,25,27-28,31-32,36H,21-24H2,1-6H3,(H,41,51)(H,42,47)(H,43,49)(H,44,50)/t27-,28-,31-,32-,36+/m0/s1. The molecule has 1 aliphatic rings. The van der Waals surface area contributed by atoms with E-state index in [1.807, 2.05) is 55.5 Å². The average Bonchev–Trinajstić information content (AvgIpc) is 3.14. The normalized spacial score (nSPS) is 22.5. The molecule has 3 aromatic rings. The van der Waals surface area contributed by atoms with Gasteiger partial charge in [-0.05, 0) is 49.4 Å². The molecule has 1 saturated heterocycles. The molecule has 1 fully saturated rings. The Morgan fingerprint density at radius 2 is 1.42 bits per heavy atom. The van der Waals surface area contributed by atoms with E-state index in [1.54, 1.807) is 50.2 Å². The van der Waals surface area contributed by atoms with Gasteiger partial charge in [0.15, 0.2) is 6.61 Å². The van der Waals surface area contributed by atoms with Crippen molar-refractivity contribution >= 4 is 35.4 Å². The third-order valence-electron chi connectivity index (χ3n) is 9.28. The van der Waals surface area contributed by atoms with E-state index >= 15 is 0 Å². The second kappa shape index (κ2) is 18.7. The maximum absolute atomic E-state index is 14.1. The highest BCUT2D eigenvalue weighted by atomic mass is 16.5. The predicted octanol–water partition coefficient (Wildman–Crippen LogP) is 2.29. The van der Waals surface area contributed by atoms with Crippen LogP contribution in [0.3, 0.4) is 0 Å². The van der Waals surface area contributed by atoms with Gasteiger partial charge >= 0.3 is 0 Å². The molecule has 1 aliphatic heterocycles. The summed E-state index contributed by atoms with van der Waals surface area (Å²) in [6.07, 6.45) is 0.103. The molecule has 13 heteroatoms. The Hall–Kier alpha value is -5.72. The van der Waals surface area contributed by atoms with E-state index in [0.29, 0.717) is 11.3 Å². The molecule has 53 heavy (non-hydrogen) atoms. The average molecular weight is 727 g/mol. The van der Waals surface area contributed by atoms with Gasteiger partial charge in [0.25, 0.3) is 5.91 Å². The quantitative estimate of drug-likeness (QED) is 0.290. The molecule has 0 spiro atoms. The Morgan fingerprint density at radius 1 is 0.792 bits per heavy atom. The van der Waals surface area contributed by atoms with Gasteiger partial charge in [-0.2, -0.15) is 0 Å². The Kier molecular flexibility index (Phi) is 14.1. The third-order valence-corrected chi connectivity index (χ3v) is 9.28. The molecule has 1 heterocycles. The lowest BCUT2D eigenvalue weighted by molar-refractivity contribution is -0.143. The molecule has 0 saturated carbocycles. The summed E-state index contributed by atoms with van der Waals surface area (Å²) < 4.78 is 5.87. The van der Waals surface area contributed by atoms with Crippen LogP contribution >= 0.6 is 0 Å². The number of benzene rings is 3. The van der Waals surface area contributed by atoms with E-state index in [2.05, 4.69) is 21.3 Å². The lowest BCUT2D eigenvalue weighted by atomic mass is 10.0. The van der Waals surface area contributed by atoms with E-state index in [1.165, 1.54) is 30.7 Å². The second-order valence-electron chi connectivity index (χ2n) is 13.7. The molecule has 0 bridgehead atoms. The zero-order chi connectivity index (χ0) is 38.7. The first-order chi connectivity index (χ1) is 25.2. The Balaban J connectivity index is 1.74. The summed E-state index contributed by atoms with van der Waals surface area (Å²) in [6.45, 7) is 7.38. The van der Waals surface area contributed by atoms with Crippen molar-refractivity contribution in [1.82, 2.24) is 31.1 Å². The number of hydrogen-bond acceptors (Lipinski definition) is 7. The Labute approximate surface area is 310 Å². The van der Waals surface area contributed by atoms with Crippen LogP contribution in [0.15, 0.2) is 84.9 Å². The van der Waals surface area contributed by atoms with Crippen LogP contribution in [0, 0.1) is 12.8 Å². The first-order valence-corrected chi connectivity index (χ1v) is 17.8. The number of aryl methyl sites for hydroxylation is 1. The minimum Gasteiger partial charge on any atom is -0.484 e. The highest BCUT2D eigenvalue weighted by Crippen LogP contribution is 2.19. The summed E-state index contributed by atoms with van der Waals surface area (Å²) >= 11 is 0. The van der Waals surface area contributed by atoms with E-state index < -0.39 is 78.8 Å². The van der Waals surface area contributed by atoms with Crippen molar-refractivity contribution in [2.45, 2.75) is 71.2 Å². The van der Waals surface area contributed by atoms with Crippen molar-refractivity contribution in [2.24, 2.45) is 5.92 Å². The molecule has 282 valence electrons. The van der Waals surface area contributed by atoms with Crippen LogP contribution in [0.1, 0.15) is 50.4 Å². The number of likely N-dealkylation sites (N-methyl/N-ethyl adjacent to an activating group) is 1. The van der Waals surface area contributed by atoms with Crippen LogP contribution in [0.5, 0.6) is 5.75 Å². The van der Waals surface area contributed by atoms with Crippen molar-refractivity contribution in [3.8, 4) is 5.75 Å². The summed E-state index contributed by atoms with van der Waals surface area (Å²) in [5.41, 5.74) is 2.22. The number of carbonyl (C=O) groups excluding carboxylic acids is 6. The van der Waals surface area contributed by atoms with Gasteiger partial charge in [-0.3, -0.25) is 28.8 Å². The van der Waals surface area contributed by atoms with Crippen LogP contribution in [0.2, 0.25) is 0 Å². The fraction of sp³-hybridized carbons (Fsp3) is 0.400. The van der Waals surface area contributed by atoms with Crippen LogP contribution < -0.4 is 26.0 Å². The summed E-state index contributed by atoms with van der Waals surface area (Å²) in [5, 5.41) is 11.2. The SMILES string of the molecule is Cc1ccccc1OCC(=O)N1CC(=O)N[C@@H](Cc2ccccc2)C(=O)N(C)[C@@H](C)C(=O)N[C@H](C(C)C)C(=O)N[C@@H](C)C(=O)N[C@H](c2ccccc2)C1. The van der Waals surface area contributed by atoms with Gasteiger partial charge in [-0.1, -0.05) is 92.7 Å². The van der Waals surface area contributed by atoms with Gasteiger partial charge in [0.05, 0.1) is 12.6 Å². The maximum atomic E-state index is 14.1. The Morgan fingerprint density at radius 3 is 2.06 bits per heavy atom. The third kappa shape index (κ3) is 11.1. The number of ether oxygens (including phenoxy) is 1.